The molecule has 3 aromatic carbocycles. The van der Waals surface area contributed by atoms with Crippen LogP contribution in [0.15, 0.2) is 91.0 Å². The molecule has 8 nitrogen and oxygen atoms in total. The van der Waals surface area contributed by atoms with Crippen molar-refractivity contribution in [2.75, 3.05) is 6.61 Å². The zero-order valence-corrected chi connectivity index (χ0v) is 20.5. The first-order chi connectivity index (χ1) is 17.8. The van der Waals surface area contributed by atoms with E-state index in [1.165, 1.54) is 0 Å². The molecule has 1 aromatic heterocycles. The summed E-state index contributed by atoms with van der Waals surface area (Å²) >= 11 is 5.37. The topological polar surface area (TPSA) is 83.4 Å². The Morgan fingerprint density at radius 3 is 1.81 bits per heavy atom. The van der Waals surface area contributed by atoms with E-state index in [0.717, 1.165) is 16.7 Å². The largest absolute Gasteiger partial charge is 0.374 e. The Hall–Kier alpha value is -3.21. The number of aromatic nitrogens is 4. The van der Waals surface area contributed by atoms with Gasteiger partial charge in [-0.15, -0.1) is 0 Å². The van der Waals surface area contributed by atoms with Crippen LogP contribution in [0.3, 0.4) is 0 Å². The summed E-state index contributed by atoms with van der Waals surface area (Å²) in [7, 11) is 0. The number of aromatic amines is 1. The molecule has 4 atom stereocenters. The Kier molecular flexibility index (Phi) is 8.27. The lowest BCUT2D eigenvalue weighted by molar-refractivity contribution is -0.0939. The third kappa shape index (κ3) is 6.13. The number of hydrogen-bond donors (Lipinski definition) is 1. The summed E-state index contributed by atoms with van der Waals surface area (Å²) in [6.45, 7) is 1.60. The third-order valence-electron chi connectivity index (χ3n) is 6.00. The predicted octanol–water partition coefficient (Wildman–Crippen LogP) is 4.62. The van der Waals surface area contributed by atoms with Crippen LogP contribution in [0.2, 0.25) is 0 Å². The predicted molar refractivity (Wildman–Crippen MR) is 135 cm³/mol. The number of nitrogens with zero attached hydrogens (tertiary/aromatic N) is 3. The van der Waals surface area contributed by atoms with E-state index in [1.54, 1.807) is 4.68 Å². The van der Waals surface area contributed by atoms with Gasteiger partial charge in [0.15, 0.2) is 6.23 Å². The van der Waals surface area contributed by atoms with Crippen molar-refractivity contribution in [3.8, 4) is 0 Å². The van der Waals surface area contributed by atoms with Gasteiger partial charge in [0.25, 0.3) is 0 Å². The summed E-state index contributed by atoms with van der Waals surface area (Å²) in [4.78, 5) is 0. The second kappa shape index (κ2) is 12.2. The molecule has 36 heavy (non-hydrogen) atoms. The minimum atomic E-state index is -0.595. The van der Waals surface area contributed by atoms with Gasteiger partial charge in [-0.3, -0.25) is 0 Å². The molecule has 0 radical (unpaired) electrons. The fourth-order valence-corrected chi connectivity index (χ4v) is 4.39. The molecule has 1 aliphatic heterocycles. The highest BCUT2D eigenvalue weighted by Gasteiger charge is 2.48. The monoisotopic (exact) mass is 504 g/mol. The van der Waals surface area contributed by atoms with E-state index in [2.05, 4.69) is 15.5 Å². The average Bonchev–Trinajstić information content (AvgIpc) is 3.50. The zero-order valence-electron chi connectivity index (χ0n) is 19.7. The molecular formula is C27H28N4O4S. The first kappa shape index (κ1) is 24.5. The van der Waals surface area contributed by atoms with E-state index in [0.29, 0.717) is 26.4 Å². The van der Waals surface area contributed by atoms with Crippen molar-refractivity contribution in [3.05, 3.63) is 112 Å². The molecule has 4 aromatic rings. The van der Waals surface area contributed by atoms with Gasteiger partial charge in [0, 0.05) is 0 Å². The van der Waals surface area contributed by atoms with E-state index in [1.807, 2.05) is 91.0 Å². The second-order valence-corrected chi connectivity index (χ2v) is 8.91. The molecule has 5 rings (SSSR count). The molecule has 0 bridgehead atoms. The van der Waals surface area contributed by atoms with Gasteiger partial charge >= 0.3 is 0 Å². The minimum absolute atomic E-state index is 0.279. The lowest BCUT2D eigenvalue weighted by Gasteiger charge is -2.25. The molecule has 9 heteroatoms. The van der Waals surface area contributed by atoms with E-state index in [4.69, 9.17) is 31.2 Å². The van der Waals surface area contributed by atoms with Crippen LogP contribution in [0.5, 0.6) is 0 Å². The highest BCUT2D eigenvalue weighted by atomic mass is 32.1. The standard InChI is InChI=1S/C27H28N4O4S/c36-27-28-29-30-31(27)26-25(34-18-22-14-8-3-9-15-22)24(33-17-21-12-6-2-7-13-21)23(35-26)19-32-16-20-10-4-1-5-11-20/h1-15,23-26H,16-19H2,(H,28,30,36)/t23-,24-,25-,26-/m1/s1. The summed E-state index contributed by atoms with van der Waals surface area (Å²) in [6.07, 6.45) is -1.89. The normalized spacial score (nSPS) is 21.6. The molecule has 1 saturated heterocycles. The van der Waals surface area contributed by atoms with Gasteiger partial charge in [-0.2, -0.15) is 5.21 Å². The molecule has 0 amide bonds. The molecular weight excluding hydrogens is 476 g/mol. The summed E-state index contributed by atoms with van der Waals surface area (Å²) in [5, 5.41) is 10.6. The molecule has 0 spiro atoms. The second-order valence-electron chi connectivity index (χ2n) is 8.54. The number of hydrogen-bond acceptors (Lipinski definition) is 7. The smallest absolute Gasteiger partial charge is 0.240 e. The van der Waals surface area contributed by atoms with Crippen LogP contribution in [-0.4, -0.2) is 45.1 Å². The van der Waals surface area contributed by atoms with E-state index >= 15 is 0 Å². The van der Waals surface area contributed by atoms with Crippen molar-refractivity contribution in [1.29, 1.82) is 0 Å². The van der Waals surface area contributed by atoms with Crippen LogP contribution in [-0.2, 0) is 38.8 Å². The maximum absolute atomic E-state index is 6.44. The molecule has 0 aliphatic carbocycles. The fourth-order valence-electron chi connectivity index (χ4n) is 4.20. The van der Waals surface area contributed by atoms with Crippen molar-refractivity contribution in [1.82, 2.24) is 20.2 Å². The molecule has 2 heterocycles. The van der Waals surface area contributed by atoms with Crippen LogP contribution in [0.25, 0.3) is 0 Å². The highest BCUT2D eigenvalue weighted by molar-refractivity contribution is 7.71. The van der Waals surface area contributed by atoms with Gasteiger partial charge in [0.1, 0.15) is 18.3 Å². The van der Waals surface area contributed by atoms with Gasteiger partial charge in [-0.25, -0.2) is 4.68 Å². The van der Waals surface area contributed by atoms with Crippen LogP contribution in [0.1, 0.15) is 22.9 Å². The average molecular weight is 505 g/mol. The van der Waals surface area contributed by atoms with Gasteiger partial charge < -0.3 is 18.9 Å². The quantitative estimate of drug-likeness (QED) is 0.298. The van der Waals surface area contributed by atoms with E-state index < -0.39 is 24.5 Å². The highest BCUT2D eigenvalue weighted by Crippen LogP contribution is 2.35. The minimum Gasteiger partial charge on any atom is -0.374 e. The van der Waals surface area contributed by atoms with E-state index in [-0.39, 0.29) is 4.77 Å². The number of ether oxygens (including phenoxy) is 4. The summed E-state index contributed by atoms with van der Waals surface area (Å²) in [5.41, 5.74) is 3.20. The Morgan fingerprint density at radius 1 is 0.750 bits per heavy atom. The summed E-state index contributed by atoms with van der Waals surface area (Å²) in [5.74, 6) is 0. The molecule has 1 fully saturated rings. The van der Waals surface area contributed by atoms with Crippen molar-refractivity contribution in [3.63, 3.8) is 0 Å². The van der Waals surface area contributed by atoms with Crippen LogP contribution in [0, 0.1) is 4.77 Å². The Morgan fingerprint density at radius 2 is 1.28 bits per heavy atom. The van der Waals surface area contributed by atoms with Gasteiger partial charge in [-0.1, -0.05) is 101 Å². The van der Waals surface area contributed by atoms with Crippen LogP contribution < -0.4 is 0 Å². The Balaban J connectivity index is 1.36. The Bertz CT molecular complexity index is 1250. The third-order valence-corrected chi connectivity index (χ3v) is 6.28. The number of benzene rings is 3. The van der Waals surface area contributed by atoms with Crippen molar-refractivity contribution < 1.29 is 18.9 Å². The molecule has 0 saturated carbocycles. The van der Waals surface area contributed by atoms with Crippen LogP contribution >= 0.6 is 12.2 Å². The first-order valence-electron chi connectivity index (χ1n) is 11.9. The number of tetrazole rings is 1. The van der Waals surface area contributed by atoms with Gasteiger partial charge in [-0.05, 0) is 28.9 Å². The molecule has 186 valence electrons. The maximum atomic E-state index is 6.44. The van der Waals surface area contributed by atoms with Gasteiger partial charge in [0.05, 0.1) is 26.4 Å². The molecule has 1 N–H and O–H groups in total. The molecule has 0 unspecified atom stereocenters. The van der Waals surface area contributed by atoms with Crippen molar-refractivity contribution in [2.45, 2.75) is 44.4 Å². The number of rotatable bonds is 11. The van der Waals surface area contributed by atoms with Crippen molar-refractivity contribution >= 4 is 12.2 Å². The zero-order chi connectivity index (χ0) is 24.6. The maximum Gasteiger partial charge on any atom is 0.240 e. The summed E-state index contributed by atoms with van der Waals surface area (Å²) in [6, 6.07) is 30.1. The Labute approximate surface area is 214 Å². The number of H-pyrrole nitrogens is 1. The van der Waals surface area contributed by atoms with Crippen molar-refractivity contribution in [2.24, 2.45) is 0 Å². The first-order valence-corrected chi connectivity index (χ1v) is 12.3. The number of nitrogens with one attached hydrogen (secondary N) is 1. The lowest BCUT2D eigenvalue weighted by atomic mass is 10.1. The lowest BCUT2D eigenvalue weighted by Crippen LogP contribution is -2.38. The van der Waals surface area contributed by atoms with E-state index in [9.17, 15) is 0 Å². The fraction of sp³-hybridized carbons (Fsp3) is 0.296. The van der Waals surface area contributed by atoms with Gasteiger partial charge in [0.2, 0.25) is 4.77 Å². The summed E-state index contributed by atoms with van der Waals surface area (Å²) < 4.78 is 27.2. The van der Waals surface area contributed by atoms with Crippen LogP contribution in [0.4, 0.5) is 0 Å². The SMILES string of the molecule is S=c1nn[nH]n1[C@@H]1O[C@H](COCc2ccccc2)[C@@H](OCc2ccccc2)[C@H]1OCc1ccccc1. The molecule has 1 aliphatic rings.